The van der Waals surface area contributed by atoms with Gasteiger partial charge in [-0.15, -0.1) is 24.0 Å². The zero-order chi connectivity index (χ0) is 20.8. The van der Waals surface area contributed by atoms with Gasteiger partial charge in [0.1, 0.15) is 5.82 Å². The molecule has 1 heterocycles. The van der Waals surface area contributed by atoms with Crippen molar-refractivity contribution in [1.82, 2.24) is 9.55 Å². The van der Waals surface area contributed by atoms with E-state index in [2.05, 4.69) is 28.6 Å². The summed E-state index contributed by atoms with van der Waals surface area (Å²) >= 11 is 12.4. The lowest BCUT2D eigenvalue weighted by Crippen LogP contribution is -2.08. The zero-order valence-electron chi connectivity index (χ0n) is 17.0. The summed E-state index contributed by atoms with van der Waals surface area (Å²) < 4.78 is 7.01. The maximum atomic E-state index is 12.1. The molecule has 2 aromatic carbocycles. The number of methoxy groups -OCH3 is 1. The van der Waals surface area contributed by atoms with Crippen LogP contribution in [0.4, 0.5) is 0 Å². The standard InChI is InChI=1S/C23H24Cl2N2O2.ClH/c1-3-4-9-21-26-22(25)20(14-24)27(21)15-16-10-12-17(13-11-16)18-7-5-6-8-19(18)23(28)29-2;/h5-8,10-13H,3-4,9,14-15H2,1-2H3;1H. The van der Waals surface area contributed by atoms with E-state index in [1.54, 1.807) is 6.07 Å². The second-order valence-electron chi connectivity index (χ2n) is 6.82. The van der Waals surface area contributed by atoms with Gasteiger partial charge in [0.05, 0.1) is 24.2 Å². The Bertz CT molecular complexity index is 985. The first-order valence-corrected chi connectivity index (χ1v) is 10.6. The molecule has 0 aliphatic carbocycles. The third kappa shape index (κ3) is 5.37. The number of unbranched alkanes of at least 4 members (excludes halogenated alkanes) is 1. The first kappa shape index (κ1) is 24.3. The lowest BCUT2D eigenvalue weighted by molar-refractivity contribution is 0.0601. The summed E-state index contributed by atoms with van der Waals surface area (Å²) in [5.74, 6) is 0.945. The van der Waals surface area contributed by atoms with Crippen molar-refractivity contribution in [2.45, 2.75) is 38.6 Å². The van der Waals surface area contributed by atoms with Crippen LogP contribution in [0.25, 0.3) is 11.1 Å². The molecule has 0 spiro atoms. The van der Waals surface area contributed by atoms with Gasteiger partial charge in [-0.25, -0.2) is 9.78 Å². The minimum atomic E-state index is -0.343. The van der Waals surface area contributed by atoms with Crippen LogP contribution in [0.5, 0.6) is 0 Å². The van der Waals surface area contributed by atoms with Crippen molar-refractivity contribution in [1.29, 1.82) is 0 Å². The van der Waals surface area contributed by atoms with Crippen molar-refractivity contribution in [3.63, 3.8) is 0 Å². The molecule has 160 valence electrons. The average Bonchev–Trinajstić information content (AvgIpc) is 3.06. The summed E-state index contributed by atoms with van der Waals surface area (Å²) in [7, 11) is 1.39. The summed E-state index contributed by atoms with van der Waals surface area (Å²) in [6.45, 7) is 2.81. The fraction of sp³-hybridized carbons (Fsp3) is 0.304. The van der Waals surface area contributed by atoms with Gasteiger partial charge in [0.2, 0.25) is 0 Å². The molecule has 0 aliphatic rings. The molecular weight excluding hydrogens is 443 g/mol. The van der Waals surface area contributed by atoms with Gasteiger partial charge in [0.15, 0.2) is 5.15 Å². The maximum absolute atomic E-state index is 12.1. The SMILES string of the molecule is CCCCc1nc(Cl)c(CCl)n1Cc1ccc(-c2ccccc2C(=O)OC)cc1.Cl. The molecule has 0 bridgehead atoms. The summed E-state index contributed by atoms with van der Waals surface area (Å²) in [5, 5.41) is 0.481. The van der Waals surface area contributed by atoms with Crippen LogP contribution in [0.1, 0.15) is 47.2 Å². The van der Waals surface area contributed by atoms with Gasteiger partial charge in [0.25, 0.3) is 0 Å². The predicted octanol–water partition coefficient (Wildman–Crippen LogP) is 6.54. The van der Waals surface area contributed by atoms with Gasteiger partial charge in [-0.3, -0.25) is 0 Å². The smallest absolute Gasteiger partial charge is 0.338 e. The number of esters is 1. The summed E-state index contributed by atoms with van der Waals surface area (Å²) in [6, 6.07) is 15.6. The number of benzene rings is 2. The summed E-state index contributed by atoms with van der Waals surface area (Å²) in [4.78, 5) is 16.6. The second-order valence-corrected chi connectivity index (χ2v) is 7.45. The van der Waals surface area contributed by atoms with E-state index < -0.39 is 0 Å². The molecule has 0 radical (unpaired) electrons. The molecule has 3 aromatic rings. The number of alkyl halides is 1. The van der Waals surface area contributed by atoms with Crippen LogP contribution in [0.3, 0.4) is 0 Å². The van der Waals surface area contributed by atoms with E-state index in [1.807, 2.05) is 30.3 Å². The number of carbonyl (C=O) groups is 1. The number of imidazole rings is 1. The average molecular weight is 468 g/mol. The number of nitrogens with zero attached hydrogens (tertiary/aromatic N) is 2. The molecule has 0 unspecified atom stereocenters. The Labute approximate surface area is 193 Å². The molecule has 4 nitrogen and oxygen atoms in total. The molecule has 7 heteroatoms. The molecule has 0 saturated heterocycles. The minimum Gasteiger partial charge on any atom is -0.465 e. The summed E-state index contributed by atoms with van der Waals surface area (Å²) in [6.07, 6.45) is 3.02. The number of hydrogen-bond acceptors (Lipinski definition) is 3. The third-order valence-electron chi connectivity index (χ3n) is 4.92. The molecule has 0 amide bonds. The normalized spacial score (nSPS) is 10.5. The number of aromatic nitrogens is 2. The lowest BCUT2D eigenvalue weighted by atomic mass is 9.98. The van der Waals surface area contributed by atoms with E-state index in [1.165, 1.54) is 7.11 Å². The molecule has 1 aromatic heterocycles. The van der Waals surface area contributed by atoms with Gasteiger partial charge < -0.3 is 9.30 Å². The molecule has 3 rings (SSSR count). The highest BCUT2D eigenvalue weighted by Gasteiger charge is 2.16. The predicted molar refractivity (Wildman–Crippen MR) is 125 cm³/mol. The van der Waals surface area contributed by atoms with E-state index in [0.717, 1.165) is 47.5 Å². The van der Waals surface area contributed by atoms with Crippen molar-refractivity contribution in [3.8, 4) is 11.1 Å². The van der Waals surface area contributed by atoms with Crippen LogP contribution in [0.2, 0.25) is 5.15 Å². The second kappa shape index (κ2) is 11.4. The van der Waals surface area contributed by atoms with E-state index >= 15 is 0 Å². The van der Waals surface area contributed by atoms with Crippen molar-refractivity contribution in [2.24, 2.45) is 0 Å². The Morgan fingerprint density at radius 3 is 2.47 bits per heavy atom. The highest BCUT2D eigenvalue weighted by Crippen LogP contribution is 2.26. The Morgan fingerprint density at radius 2 is 1.83 bits per heavy atom. The highest BCUT2D eigenvalue weighted by atomic mass is 35.5. The highest BCUT2D eigenvalue weighted by molar-refractivity contribution is 6.31. The molecular formula is C23H25Cl3N2O2. The Hall–Kier alpha value is -2.01. The lowest BCUT2D eigenvalue weighted by Gasteiger charge is -2.12. The first-order valence-electron chi connectivity index (χ1n) is 9.65. The molecule has 0 atom stereocenters. The fourth-order valence-electron chi connectivity index (χ4n) is 3.34. The fourth-order valence-corrected chi connectivity index (χ4v) is 3.95. The van der Waals surface area contributed by atoms with Crippen molar-refractivity contribution in [3.05, 3.63) is 76.3 Å². The van der Waals surface area contributed by atoms with Crippen molar-refractivity contribution >= 4 is 41.6 Å². The van der Waals surface area contributed by atoms with Gasteiger partial charge in [-0.2, -0.15) is 0 Å². The number of halogens is 3. The van der Waals surface area contributed by atoms with Gasteiger partial charge in [-0.1, -0.05) is 67.4 Å². The van der Waals surface area contributed by atoms with Crippen LogP contribution in [0.15, 0.2) is 48.5 Å². The minimum absolute atomic E-state index is 0. The molecule has 0 aliphatic heterocycles. The molecule has 0 saturated carbocycles. The number of carbonyl (C=O) groups excluding carboxylic acids is 1. The maximum Gasteiger partial charge on any atom is 0.338 e. The van der Waals surface area contributed by atoms with E-state index in [-0.39, 0.29) is 18.4 Å². The van der Waals surface area contributed by atoms with Crippen LogP contribution in [-0.4, -0.2) is 22.6 Å². The quantitative estimate of drug-likeness (QED) is 0.279. The number of hydrogen-bond donors (Lipinski definition) is 0. The van der Waals surface area contributed by atoms with Crippen molar-refractivity contribution in [2.75, 3.05) is 7.11 Å². The molecule has 0 N–H and O–H groups in total. The van der Waals surface area contributed by atoms with Crippen LogP contribution in [-0.2, 0) is 23.6 Å². The summed E-state index contributed by atoms with van der Waals surface area (Å²) in [5.41, 5.74) is 4.32. The van der Waals surface area contributed by atoms with E-state index in [0.29, 0.717) is 23.1 Å². The van der Waals surface area contributed by atoms with Gasteiger partial charge in [-0.05, 0) is 29.2 Å². The van der Waals surface area contributed by atoms with Crippen LogP contribution in [0, 0.1) is 0 Å². The monoisotopic (exact) mass is 466 g/mol. The zero-order valence-corrected chi connectivity index (χ0v) is 19.4. The number of ether oxygens (including phenoxy) is 1. The Morgan fingerprint density at radius 1 is 1.13 bits per heavy atom. The molecule has 0 fully saturated rings. The van der Waals surface area contributed by atoms with E-state index in [4.69, 9.17) is 27.9 Å². The Balaban J connectivity index is 0.00000320. The topological polar surface area (TPSA) is 44.1 Å². The van der Waals surface area contributed by atoms with Crippen LogP contribution < -0.4 is 0 Å². The molecule has 30 heavy (non-hydrogen) atoms. The van der Waals surface area contributed by atoms with Gasteiger partial charge >= 0.3 is 5.97 Å². The number of aryl methyl sites for hydroxylation is 1. The van der Waals surface area contributed by atoms with Crippen molar-refractivity contribution < 1.29 is 9.53 Å². The Kier molecular flexibility index (Phi) is 9.22. The van der Waals surface area contributed by atoms with E-state index in [9.17, 15) is 4.79 Å². The third-order valence-corrected chi connectivity index (χ3v) is 5.48. The van der Waals surface area contributed by atoms with Crippen LogP contribution >= 0.6 is 35.6 Å². The first-order chi connectivity index (χ1) is 14.1. The largest absolute Gasteiger partial charge is 0.465 e. The number of rotatable bonds is 8. The van der Waals surface area contributed by atoms with Gasteiger partial charge in [0, 0.05) is 13.0 Å².